The Morgan fingerprint density at radius 3 is 2.21 bits per heavy atom. The molecule has 0 aliphatic carbocycles. The van der Waals surface area contributed by atoms with E-state index in [1.54, 1.807) is 0 Å². The molecule has 0 fully saturated rings. The lowest BCUT2D eigenvalue weighted by molar-refractivity contribution is 0.367. The SMILES string of the molecule is Cc1cccc(-c2ccccc2)c1N1C(C#N)=C(C#N)N(C)[C@@H]1C. The highest BCUT2D eigenvalue weighted by atomic mass is 15.4. The minimum Gasteiger partial charge on any atom is -0.343 e. The van der Waals surface area contributed by atoms with Gasteiger partial charge in [0, 0.05) is 12.6 Å². The molecule has 24 heavy (non-hydrogen) atoms. The summed E-state index contributed by atoms with van der Waals surface area (Å²) in [6.45, 7) is 4.04. The summed E-state index contributed by atoms with van der Waals surface area (Å²) in [5.74, 6) is 0. The number of allylic oxidation sites excluding steroid dienone is 2. The van der Waals surface area contributed by atoms with E-state index >= 15 is 0 Å². The Morgan fingerprint density at radius 1 is 0.917 bits per heavy atom. The number of nitrogens with zero attached hydrogens (tertiary/aromatic N) is 4. The van der Waals surface area contributed by atoms with Crippen LogP contribution >= 0.6 is 0 Å². The quantitative estimate of drug-likeness (QED) is 0.840. The van der Waals surface area contributed by atoms with Gasteiger partial charge in [-0.3, -0.25) is 0 Å². The van der Waals surface area contributed by atoms with Crippen molar-refractivity contribution in [1.29, 1.82) is 10.5 Å². The van der Waals surface area contributed by atoms with Gasteiger partial charge in [-0.05, 0) is 25.0 Å². The van der Waals surface area contributed by atoms with Gasteiger partial charge in [0.05, 0.1) is 5.69 Å². The normalized spacial score (nSPS) is 17.0. The highest BCUT2D eigenvalue weighted by molar-refractivity contribution is 5.84. The lowest BCUT2D eigenvalue weighted by atomic mass is 9.99. The van der Waals surface area contributed by atoms with Crippen molar-refractivity contribution in [2.45, 2.75) is 20.0 Å². The van der Waals surface area contributed by atoms with Gasteiger partial charge in [-0.25, -0.2) is 0 Å². The number of benzene rings is 2. The Kier molecular flexibility index (Phi) is 3.98. The summed E-state index contributed by atoms with van der Waals surface area (Å²) in [5.41, 5.74) is 5.01. The van der Waals surface area contributed by atoms with Crippen LogP contribution in [0.4, 0.5) is 5.69 Å². The van der Waals surface area contributed by atoms with Crippen molar-refractivity contribution < 1.29 is 0 Å². The maximum absolute atomic E-state index is 9.66. The van der Waals surface area contributed by atoms with Crippen LogP contribution in [0.2, 0.25) is 0 Å². The molecule has 0 saturated carbocycles. The molecule has 2 aromatic rings. The molecule has 0 saturated heterocycles. The monoisotopic (exact) mass is 314 g/mol. The summed E-state index contributed by atoms with van der Waals surface area (Å²) in [5, 5.41) is 19.1. The molecule has 1 aliphatic heterocycles. The molecule has 1 aliphatic rings. The zero-order chi connectivity index (χ0) is 17.3. The molecule has 0 aromatic heterocycles. The van der Waals surface area contributed by atoms with Crippen LogP contribution in [-0.2, 0) is 0 Å². The Labute approximate surface area is 142 Å². The van der Waals surface area contributed by atoms with Crippen LogP contribution in [-0.4, -0.2) is 18.1 Å². The zero-order valence-corrected chi connectivity index (χ0v) is 14.0. The predicted molar refractivity (Wildman–Crippen MR) is 94.6 cm³/mol. The van der Waals surface area contributed by atoms with Gasteiger partial charge in [0.2, 0.25) is 0 Å². The predicted octanol–water partition coefficient (Wildman–Crippen LogP) is 4.02. The van der Waals surface area contributed by atoms with E-state index in [0.29, 0.717) is 11.4 Å². The maximum atomic E-state index is 9.66. The first-order chi connectivity index (χ1) is 11.6. The lowest BCUT2D eigenvalue weighted by Gasteiger charge is -2.31. The molecule has 3 rings (SSSR count). The lowest BCUT2D eigenvalue weighted by Crippen LogP contribution is -2.36. The summed E-state index contributed by atoms with van der Waals surface area (Å²) >= 11 is 0. The Morgan fingerprint density at radius 2 is 1.58 bits per heavy atom. The van der Waals surface area contributed by atoms with Gasteiger partial charge >= 0.3 is 0 Å². The molecular formula is C20H18N4. The fourth-order valence-electron chi connectivity index (χ4n) is 3.19. The molecule has 0 unspecified atom stereocenters. The van der Waals surface area contributed by atoms with Crippen LogP contribution in [0.15, 0.2) is 59.9 Å². The van der Waals surface area contributed by atoms with Gasteiger partial charge in [-0.2, -0.15) is 10.5 Å². The van der Waals surface area contributed by atoms with Crippen LogP contribution in [0, 0.1) is 29.6 Å². The number of aryl methyl sites for hydroxylation is 1. The number of hydrogen-bond acceptors (Lipinski definition) is 4. The van der Waals surface area contributed by atoms with E-state index < -0.39 is 0 Å². The van der Waals surface area contributed by atoms with Crippen molar-refractivity contribution in [2.75, 3.05) is 11.9 Å². The standard InChI is InChI=1S/C20H18N4/c1-14-8-7-11-17(16-9-5-4-6-10-16)20(14)24-15(2)23(3)18(12-21)19(24)13-22/h4-11,15H,1-3H3/t15-/m0/s1. The largest absolute Gasteiger partial charge is 0.343 e. The summed E-state index contributed by atoms with van der Waals surface area (Å²) < 4.78 is 0. The topological polar surface area (TPSA) is 54.1 Å². The minimum absolute atomic E-state index is 0.0992. The third kappa shape index (κ3) is 2.30. The smallest absolute Gasteiger partial charge is 0.157 e. The summed E-state index contributed by atoms with van der Waals surface area (Å²) in [4.78, 5) is 3.82. The van der Waals surface area contributed by atoms with Gasteiger partial charge in [0.1, 0.15) is 18.3 Å². The van der Waals surface area contributed by atoms with Crippen molar-refractivity contribution in [3.63, 3.8) is 0 Å². The first-order valence-corrected chi connectivity index (χ1v) is 7.81. The number of nitriles is 2. The van der Waals surface area contributed by atoms with Crippen molar-refractivity contribution in [2.24, 2.45) is 0 Å². The van der Waals surface area contributed by atoms with Crippen LogP contribution in [0.3, 0.4) is 0 Å². The first kappa shape index (κ1) is 15.6. The molecule has 4 heteroatoms. The number of hydrogen-bond donors (Lipinski definition) is 0. The second-order valence-electron chi connectivity index (χ2n) is 5.87. The van der Waals surface area contributed by atoms with Gasteiger partial charge < -0.3 is 9.80 Å². The molecule has 0 spiro atoms. The van der Waals surface area contributed by atoms with Gasteiger partial charge in [-0.1, -0.05) is 48.5 Å². The van der Waals surface area contributed by atoms with Crippen molar-refractivity contribution in [1.82, 2.24) is 4.90 Å². The fourth-order valence-corrected chi connectivity index (χ4v) is 3.19. The third-order valence-corrected chi connectivity index (χ3v) is 4.53. The van der Waals surface area contributed by atoms with E-state index in [9.17, 15) is 10.5 Å². The van der Waals surface area contributed by atoms with E-state index in [4.69, 9.17) is 0 Å². The Hall–Kier alpha value is -3.24. The maximum Gasteiger partial charge on any atom is 0.157 e. The van der Waals surface area contributed by atoms with Gasteiger partial charge in [0.25, 0.3) is 0 Å². The van der Waals surface area contributed by atoms with Crippen LogP contribution in [0.25, 0.3) is 11.1 Å². The number of rotatable bonds is 2. The highest BCUT2D eigenvalue weighted by Gasteiger charge is 2.36. The summed E-state index contributed by atoms with van der Waals surface area (Å²) in [6.07, 6.45) is -0.0992. The average Bonchev–Trinajstić information content (AvgIpc) is 2.85. The van der Waals surface area contributed by atoms with E-state index in [1.165, 1.54) is 0 Å². The number of para-hydroxylation sites is 1. The van der Waals surface area contributed by atoms with Gasteiger partial charge in [0.15, 0.2) is 11.4 Å². The molecule has 1 atom stereocenters. The molecule has 2 aromatic carbocycles. The fraction of sp³-hybridized carbons (Fsp3) is 0.200. The van der Waals surface area contributed by atoms with Crippen LogP contribution < -0.4 is 4.90 Å². The minimum atomic E-state index is -0.0992. The summed E-state index contributed by atoms with van der Waals surface area (Å²) in [7, 11) is 1.85. The van der Waals surface area contributed by atoms with E-state index in [2.05, 4.69) is 30.3 Å². The van der Waals surface area contributed by atoms with E-state index in [0.717, 1.165) is 22.4 Å². The average molecular weight is 314 g/mol. The molecule has 0 amide bonds. The molecule has 0 radical (unpaired) electrons. The molecular weight excluding hydrogens is 296 g/mol. The molecule has 118 valence electrons. The number of anilines is 1. The van der Waals surface area contributed by atoms with E-state index in [1.807, 2.05) is 61.0 Å². The van der Waals surface area contributed by atoms with Crippen molar-refractivity contribution in [3.05, 3.63) is 65.5 Å². The van der Waals surface area contributed by atoms with Gasteiger partial charge in [-0.15, -0.1) is 0 Å². The Balaban J connectivity index is 2.26. The highest BCUT2D eigenvalue weighted by Crippen LogP contribution is 2.40. The molecule has 4 nitrogen and oxygen atoms in total. The first-order valence-electron chi connectivity index (χ1n) is 7.81. The third-order valence-electron chi connectivity index (χ3n) is 4.53. The summed E-state index contributed by atoms with van der Waals surface area (Å²) in [6, 6.07) is 20.6. The molecule has 1 heterocycles. The molecule has 0 N–H and O–H groups in total. The zero-order valence-electron chi connectivity index (χ0n) is 14.0. The molecule has 0 bridgehead atoms. The van der Waals surface area contributed by atoms with Crippen LogP contribution in [0.5, 0.6) is 0 Å². The van der Waals surface area contributed by atoms with Crippen molar-refractivity contribution in [3.8, 4) is 23.3 Å². The second-order valence-corrected chi connectivity index (χ2v) is 5.87. The van der Waals surface area contributed by atoms with Crippen LogP contribution in [0.1, 0.15) is 12.5 Å². The second kappa shape index (κ2) is 6.10. The Bertz CT molecular complexity index is 884. The van der Waals surface area contributed by atoms with Crippen molar-refractivity contribution >= 4 is 5.69 Å². The van der Waals surface area contributed by atoms with E-state index in [-0.39, 0.29) is 6.17 Å².